The first-order valence-corrected chi connectivity index (χ1v) is 5.47. The highest BCUT2D eigenvalue weighted by molar-refractivity contribution is 5.49. The average Bonchev–Trinajstić information content (AvgIpc) is 2.25. The van der Waals surface area contributed by atoms with E-state index in [2.05, 4.69) is 24.0 Å². The largest absolute Gasteiger partial charge is 0.399 e. The van der Waals surface area contributed by atoms with Gasteiger partial charge in [-0.1, -0.05) is 12.1 Å². The van der Waals surface area contributed by atoms with E-state index < -0.39 is 0 Å². The van der Waals surface area contributed by atoms with Crippen molar-refractivity contribution in [1.82, 2.24) is 4.90 Å². The second-order valence-corrected chi connectivity index (χ2v) is 4.26. The maximum Gasteiger partial charge on any atom is 0.0638 e. The van der Waals surface area contributed by atoms with Crippen molar-refractivity contribution >= 4 is 5.69 Å². The summed E-state index contributed by atoms with van der Waals surface area (Å²) in [7, 11) is 2.03. The van der Waals surface area contributed by atoms with Crippen LogP contribution in [0.3, 0.4) is 0 Å². The zero-order valence-electron chi connectivity index (χ0n) is 10.2. The highest BCUT2D eigenvalue weighted by Crippen LogP contribution is 2.18. The Morgan fingerprint density at radius 1 is 1.50 bits per heavy atom. The first kappa shape index (κ1) is 12.5. The summed E-state index contributed by atoms with van der Waals surface area (Å²) in [4.78, 5) is 2.17. The van der Waals surface area contributed by atoms with E-state index in [0.29, 0.717) is 6.42 Å². The molecular formula is C13H19N3. The molecule has 0 aliphatic carbocycles. The molecule has 0 heterocycles. The molecule has 1 aromatic carbocycles. The second kappa shape index (κ2) is 5.53. The number of nitrogen functional groups attached to an aromatic ring is 1. The average molecular weight is 217 g/mol. The van der Waals surface area contributed by atoms with Gasteiger partial charge < -0.3 is 5.73 Å². The number of anilines is 1. The number of benzene rings is 1. The fourth-order valence-electron chi connectivity index (χ4n) is 1.59. The van der Waals surface area contributed by atoms with Crippen molar-refractivity contribution in [1.29, 1.82) is 5.26 Å². The minimum absolute atomic E-state index is 0.269. The summed E-state index contributed by atoms with van der Waals surface area (Å²) in [6, 6.07) is 8.43. The van der Waals surface area contributed by atoms with Crippen LogP contribution in [-0.4, -0.2) is 18.0 Å². The molecule has 2 N–H and O–H groups in total. The molecule has 0 radical (unpaired) electrons. The van der Waals surface area contributed by atoms with Crippen LogP contribution in [0.5, 0.6) is 0 Å². The molecule has 16 heavy (non-hydrogen) atoms. The van der Waals surface area contributed by atoms with Crippen molar-refractivity contribution < 1.29 is 0 Å². The van der Waals surface area contributed by atoms with Gasteiger partial charge in [0.25, 0.3) is 0 Å². The van der Waals surface area contributed by atoms with Gasteiger partial charge in [0.2, 0.25) is 0 Å². The quantitative estimate of drug-likeness (QED) is 0.787. The zero-order chi connectivity index (χ0) is 12.1. The number of rotatable bonds is 4. The van der Waals surface area contributed by atoms with E-state index in [0.717, 1.165) is 17.8 Å². The summed E-state index contributed by atoms with van der Waals surface area (Å²) >= 11 is 0. The van der Waals surface area contributed by atoms with E-state index in [1.165, 1.54) is 5.56 Å². The predicted molar refractivity (Wildman–Crippen MR) is 66.8 cm³/mol. The minimum Gasteiger partial charge on any atom is -0.399 e. The monoisotopic (exact) mass is 217 g/mol. The summed E-state index contributed by atoms with van der Waals surface area (Å²) in [6.07, 6.45) is 0.553. The Hall–Kier alpha value is -1.53. The highest BCUT2D eigenvalue weighted by atomic mass is 15.1. The van der Waals surface area contributed by atoms with Gasteiger partial charge in [-0.3, -0.25) is 4.90 Å². The third-order valence-electron chi connectivity index (χ3n) is 3.05. The van der Waals surface area contributed by atoms with E-state index >= 15 is 0 Å². The summed E-state index contributed by atoms with van der Waals surface area (Å²) in [5.41, 5.74) is 9.06. The summed E-state index contributed by atoms with van der Waals surface area (Å²) in [6.45, 7) is 4.93. The topological polar surface area (TPSA) is 53.0 Å². The van der Waals surface area contributed by atoms with Crippen LogP contribution in [0, 0.1) is 18.3 Å². The Morgan fingerprint density at radius 2 is 2.19 bits per heavy atom. The van der Waals surface area contributed by atoms with E-state index in [9.17, 15) is 0 Å². The summed E-state index contributed by atoms with van der Waals surface area (Å²) in [5.74, 6) is 0. The van der Waals surface area contributed by atoms with Crippen molar-refractivity contribution in [2.24, 2.45) is 0 Å². The Kier molecular flexibility index (Phi) is 4.33. The number of nitrogens with zero attached hydrogens (tertiary/aromatic N) is 2. The lowest BCUT2D eigenvalue weighted by Crippen LogP contribution is -2.28. The smallest absolute Gasteiger partial charge is 0.0638 e. The molecule has 0 saturated carbocycles. The second-order valence-electron chi connectivity index (χ2n) is 4.26. The van der Waals surface area contributed by atoms with Gasteiger partial charge in [-0.05, 0) is 38.1 Å². The third-order valence-corrected chi connectivity index (χ3v) is 3.05. The van der Waals surface area contributed by atoms with Crippen LogP contribution >= 0.6 is 0 Å². The lowest BCUT2D eigenvalue weighted by atomic mass is 10.1. The van der Waals surface area contributed by atoms with Gasteiger partial charge in [-0.25, -0.2) is 0 Å². The first-order chi connectivity index (χ1) is 7.56. The molecule has 3 heteroatoms. The Balaban J connectivity index is 2.74. The van der Waals surface area contributed by atoms with Crippen molar-refractivity contribution in [3.63, 3.8) is 0 Å². The molecule has 86 valence electrons. The van der Waals surface area contributed by atoms with Crippen LogP contribution in [0.1, 0.15) is 24.5 Å². The molecule has 0 aliphatic rings. The van der Waals surface area contributed by atoms with E-state index in [4.69, 9.17) is 11.0 Å². The van der Waals surface area contributed by atoms with Gasteiger partial charge in [0.1, 0.15) is 0 Å². The minimum atomic E-state index is 0.269. The molecule has 0 aliphatic heterocycles. The SMILES string of the molecule is Cc1c(N)cccc1CN(C)C(C)CC#N. The molecule has 1 rings (SSSR count). The molecule has 0 spiro atoms. The fraction of sp³-hybridized carbons (Fsp3) is 0.462. The molecule has 1 aromatic rings. The van der Waals surface area contributed by atoms with Gasteiger partial charge in [-0.15, -0.1) is 0 Å². The van der Waals surface area contributed by atoms with Crippen molar-refractivity contribution in [3.8, 4) is 6.07 Å². The Morgan fingerprint density at radius 3 is 2.81 bits per heavy atom. The van der Waals surface area contributed by atoms with Gasteiger partial charge >= 0.3 is 0 Å². The van der Waals surface area contributed by atoms with E-state index in [1.807, 2.05) is 26.1 Å². The maximum absolute atomic E-state index is 8.65. The number of hydrogen-bond acceptors (Lipinski definition) is 3. The van der Waals surface area contributed by atoms with Crippen LogP contribution in [0.4, 0.5) is 5.69 Å². The molecule has 1 unspecified atom stereocenters. The van der Waals surface area contributed by atoms with Gasteiger partial charge in [0.05, 0.1) is 12.5 Å². The van der Waals surface area contributed by atoms with Crippen LogP contribution in [0.25, 0.3) is 0 Å². The Labute approximate surface area is 97.5 Å². The van der Waals surface area contributed by atoms with Crippen LogP contribution in [-0.2, 0) is 6.54 Å². The van der Waals surface area contributed by atoms with Crippen LogP contribution < -0.4 is 5.73 Å². The van der Waals surface area contributed by atoms with E-state index in [-0.39, 0.29) is 6.04 Å². The molecule has 0 saturated heterocycles. The molecule has 3 nitrogen and oxygen atoms in total. The maximum atomic E-state index is 8.65. The van der Waals surface area contributed by atoms with Crippen molar-refractivity contribution in [3.05, 3.63) is 29.3 Å². The zero-order valence-corrected chi connectivity index (χ0v) is 10.2. The lowest BCUT2D eigenvalue weighted by Gasteiger charge is -2.23. The van der Waals surface area contributed by atoms with Crippen molar-refractivity contribution in [2.75, 3.05) is 12.8 Å². The third kappa shape index (κ3) is 2.98. The number of nitrogens with two attached hydrogens (primary N) is 1. The van der Waals surface area contributed by atoms with Gasteiger partial charge in [0, 0.05) is 18.3 Å². The lowest BCUT2D eigenvalue weighted by molar-refractivity contribution is 0.252. The molecule has 0 aromatic heterocycles. The predicted octanol–water partition coefficient (Wildman–Crippen LogP) is 2.31. The summed E-state index contributed by atoms with van der Waals surface area (Å²) < 4.78 is 0. The number of nitriles is 1. The first-order valence-electron chi connectivity index (χ1n) is 5.47. The molecule has 0 bridgehead atoms. The fourth-order valence-corrected chi connectivity index (χ4v) is 1.59. The van der Waals surface area contributed by atoms with Gasteiger partial charge in [-0.2, -0.15) is 5.26 Å². The molecule has 0 fully saturated rings. The van der Waals surface area contributed by atoms with E-state index in [1.54, 1.807) is 0 Å². The Bertz CT molecular complexity index is 393. The van der Waals surface area contributed by atoms with Crippen LogP contribution in [0.15, 0.2) is 18.2 Å². The molecule has 1 atom stereocenters. The van der Waals surface area contributed by atoms with Crippen molar-refractivity contribution in [2.45, 2.75) is 32.9 Å². The number of hydrogen-bond donors (Lipinski definition) is 1. The summed E-state index contributed by atoms with van der Waals surface area (Å²) in [5, 5.41) is 8.65. The molecule has 0 amide bonds. The molecular weight excluding hydrogens is 198 g/mol. The normalized spacial score (nSPS) is 12.4. The highest BCUT2D eigenvalue weighted by Gasteiger charge is 2.10. The van der Waals surface area contributed by atoms with Crippen LogP contribution in [0.2, 0.25) is 0 Å². The van der Waals surface area contributed by atoms with Gasteiger partial charge in [0.15, 0.2) is 0 Å². The standard InChI is InChI=1S/C13H19N3/c1-10(7-8-14)16(3)9-12-5-4-6-13(15)11(12)2/h4-6,10H,7,9,15H2,1-3H3.